The van der Waals surface area contributed by atoms with Crippen LogP contribution in [0.15, 0.2) is 63.8 Å². The minimum atomic E-state index is -0.621. The zero-order chi connectivity index (χ0) is 25.1. The molecule has 3 aromatic rings. The lowest BCUT2D eigenvalue weighted by molar-refractivity contribution is -0.137. The van der Waals surface area contributed by atoms with E-state index in [1.807, 2.05) is 12.1 Å². The van der Waals surface area contributed by atoms with Gasteiger partial charge in [-0.05, 0) is 56.3 Å². The van der Waals surface area contributed by atoms with Crippen molar-refractivity contribution in [2.45, 2.75) is 20.3 Å². The quantitative estimate of drug-likeness (QED) is 0.480. The highest BCUT2D eigenvalue weighted by atomic mass is 16.4. The molecule has 2 heterocycles. The third-order valence-corrected chi connectivity index (χ3v) is 5.87. The largest absolute Gasteiger partial charge is 0.502 e. The first kappa shape index (κ1) is 23.7. The highest BCUT2D eigenvalue weighted by Crippen LogP contribution is 2.32. The lowest BCUT2D eigenvalue weighted by Crippen LogP contribution is -2.33. The first-order valence-corrected chi connectivity index (χ1v) is 11.3. The van der Waals surface area contributed by atoms with Gasteiger partial charge in [0, 0.05) is 55.1 Å². The molecule has 180 valence electrons. The molecule has 4 rings (SSSR count). The van der Waals surface area contributed by atoms with Gasteiger partial charge in [0.1, 0.15) is 5.58 Å². The Kier molecular flexibility index (Phi) is 6.68. The molecule has 0 bridgehead atoms. The summed E-state index contributed by atoms with van der Waals surface area (Å²) in [5.41, 5.74) is 1.55. The lowest BCUT2D eigenvalue weighted by atomic mass is 10.1. The topological polar surface area (TPSA) is 120 Å². The van der Waals surface area contributed by atoms with Gasteiger partial charge in [-0.25, -0.2) is 0 Å². The van der Waals surface area contributed by atoms with Crippen molar-refractivity contribution in [2.75, 3.05) is 29.9 Å². The molecule has 2 N–H and O–H groups in total. The fourth-order valence-electron chi connectivity index (χ4n) is 3.96. The van der Waals surface area contributed by atoms with Gasteiger partial charge >= 0.3 is 0 Å². The Morgan fingerprint density at radius 1 is 1.00 bits per heavy atom. The molecular formula is C26H25N3O6. The van der Waals surface area contributed by atoms with Crippen molar-refractivity contribution in [3.63, 3.8) is 0 Å². The van der Waals surface area contributed by atoms with Gasteiger partial charge < -0.3 is 19.7 Å². The molecule has 9 heteroatoms. The molecule has 0 aliphatic carbocycles. The monoisotopic (exact) mass is 475 g/mol. The number of rotatable bonds is 8. The molecule has 9 nitrogen and oxygen atoms in total. The van der Waals surface area contributed by atoms with Crippen LogP contribution in [0.5, 0.6) is 5.75 Å². The van der Waals surface area contributed by atoms with E-state index in [4.69, 9.17) is 4.42 Å². The number of hydrogen-bond acceptors (Lipinski definition) is 7. The van der Waals surface area contributed by atoms with Gasteiger partial charge in [0.05, 0.1) is 5.39 Å². The number of imide groups is 1. The molecular weight excluding hydrogens is 450 g/mol. The van der Waals surface area contributed by atoms with Gasteiger partial charge in [0.25, 0.3) is 11.8 Å². The average molecular weight is 476 g/mol. The number of carbonyl (C=O) groups is 3. The number of nitrogens with zero attached hydrogens (tertiary/aromatic N) is 2. The maximum absolute atomic E-state index is 12.9. The number of fused-ring (bicyclic) bond motifs is 1. The third kappa shape index (κ3) is 4.79. The number of aromatic hydroxyl groups is 1. The Labute approximate surface area is 201 Å². The maximum atomic E-state index is 12.9. The van der Waals surface area contributed by atoms with E-state index in [1.165, 1.54) is 12.1 Å². The highest BCUT2D eigenvalue weighted by molar-refractivity contribution is 6.13. The first-order chi connectivity index (χ1) is 16.8. The maximum Gasteiger partial charge on any atom is 0.253 e. The van der Waals surface area contributed by atoms with Gasteiger partial charge in [0.2, 0.25) is 17.1 Å². The number of hydrogen-bond donors (Lipinski definition) is 2. The molecule has 3 amide bonds. The third-order valence-electron chi connectivity index (χ3n) is 5.87. The van der Waals surface area contributed by atoms with Crippen LogP contribution in [0.4, 0.5) is 11.4 Å². The van der Waals surface area contributed by atoms with E-state index in [2.05, 4.69) is 24.1 Å². The molecule has 2 aromatic carbocycles. The van der Waals surface area contributed by atoms with Crippen molar-refractivity contribution in [3.8, 4) is 17.1 Å². The second kappa shape index (κ2) is 9.84. The summed E-state index contributed by atoms with van der Waals surface area (Å²) in [6.45, 7) is 5.79. The average Bonchev–Trinajstić information content (AvgIpc) is 3.18. The van der Waals surface area contributed by atoms with Crippen LogP contribution >= 0.6 is 0 Å². The molecule has 0 radical (unpaired) electrons. The molecule has 0 spiro atoms. The van der Waals surface area contributed by atoms with Crippen molar-refractivity contribution < 1.29 is 23.9 Å². The summed E-state index contributed by atoms with van der Waals surface area (Å²) in [4.78, 5) is 51.5. The summed E-state index contributed by atoms with van der Waals surface area (Å²) >= 11 is 0. The predicted octanol–water partition coefficient (Wildman–Crippen LogP) is 3.27. The van der Waals surface area contributed by atoms with E-state index in [1.54, 1.807) is 18.2 Å². The summed E-state index contributed by atoms with van der Waals surface area (Å²) in [6, 6.07) is 11.9. The van der Waals surface area contributed by atoms with Crippen LogP contribution in [0.3, 0.4) is 0 Å². The molecule has 1 aliphatic heterocycles. The standard InChI is InChI=1S/C26H25N3O6/c1-3-28(4-2)18-8-5-16(6-9-18)26-25(34)24(33)19-15-17(7-10-20(19)35-26)27-21(30)13-14-29-22(31)11-12-23(29)32/h5-12,15,34H,3-4,13-14H2,1-2H3,(H,27,30). The zero-order valence-electron chi connectivity index (χ0n) is 19.4. The first-order valence-electron chi connectivity index (χ1n) is 11.3. The Bertz CT molecular complexity index is 1370. The van der Waals surface area contributed by atoms with Crippen LogP contribution in [0.2, 0.25) is 0 Å². The molecule has 0 fully saturated rings. The molecule has 0 unspecified atom stereocenters. The summed E-state index contributed by atoms with van der Waals surface area (Å²) in [7, 11) is 0. The van der Waals surface area contributed by atoms with Gasteiger partial charge in [-0.2, -0.15) is 0 Å². The van der Waals surface area contributed by atoms with Crippen molar-refractivity contribution in [3.05, 3.63) is 64.8 Å². The summed E-state index contributed by atoms with van der Waals surface area (Å²) in [5, 5.41) is 13.3. The van der Waals surface area contributed by atoms with Crippen LogP contribution in [0.25, 0.3) is 22.3 Å². The molecule has 0 atom stereocenters. The second-order valence-electron chi connectivity index (χ2n) is 8.00. The number of carbonyl (C=O) groups excluding carboxylic acids is 3. The number of amides is 3. The fraction of sp³-hybridized carbons (Fsp3) is 0.231. The summed E-state index contributed by atoms with van der Waals surface area (Å²) < 4.78 is 5.85. The minimum Gasteiger partial charge on any atom is -0.502 e. The van der Waals surface area contributed by atoms with E-state index < -0.39 is 28.9 Å². The van der Waals surface area contributed by atoms with Crippen molar-refractivity contribution in [1.82, 2.24) is 4.90 Å². The Morgan fingerprint density at radius 3 is 2.29 bits per heavy atom. The van der Waals surface area contributed by atoms with Gasteiger partial charge in [-0.1, -0.05) is 0 Å². The van der Waals surface area contributed by atoms with E-state index in [0.29, 0.717) is 11.3 Å². The van der Waals surface area contributed by atoms with Crippen LogP contribution < -0.4 is 15.6 Å². The number of nitrogens with one attached hydrogen (secondary N) is 1. The zero-order valence-corrected chi connectivity index (χ0v) is 19.4. The van der Waals surface area contributed by atoms with E-state index >= 15 is 0 Å². The minimum absolute atomic E-state index is 0.0522. The van der Waals surface area contributed by atoms with Crippen LogP contribution in [-0.4, -0.2) is 47.4 Å². The van der Waals surface area contributed by atoms with Gasteiger partial charge in [-0.15, -0.1) is 0 Å². The Hall–Kier alpha value is -4.40. The van der Waals surface area contributed by atoms with Crippen molar-refractivity contribution >= 4 is 40.1 Å². The highest BCUT2D eigenvalue weighted by Gasteiger charge is 2.23. The summed E-state index contributed by atoms with van der Waals surface area (Å²) in [6.07, 6.45) is 2.21. The van der Waals surface area contributed by atoms with E-state index in [0.717, 1.165) is 35.8 Å². The fourth-order valence-corrected chi connectivity index (χ4v) is 3.96. The van der Waals surface area contributed by atoms with Crippen LogP contribution in [0, 0.1) is 0 Å². The van der Waals surface area contributed by atoms with Crippen LogP contribution in [-0.2, 0) is 14.4 Å². The Balaban J connectivity index is 1.53. The number of anilines is 2. The molecule has 1 aromatic heterocycles. The van der Waals surface area contributed by atoms with E-state index in [-0.39, 0.29) is 29.7 Å². The van der Waals surface area contributed by atoms with Crippen LogP contribution in [0.1, 0.15) is 20.3 Å². The van der Waals surface area contributed by atoms with Crippen molar-refractivity contribution in [2.24, 2.45) is 0 Å². The second-order valence-corrected chi connectivity index (χ2v) is 8.00. The molecule has 1 aliphatic rings. The van der Waals surface area contributed by atoms with Gasteiger partial charge in [-0.3, -0.25) is 24.1 Å². The normalized spacial score (nSPS) is 13.0. The smallest absolute Gasteiger partial charge is 0.253 e. The van der Waals surface area contributed by atoms with Crippen molar-refractivity contribution in [1.29, 1.82) is 0 Å². The summed E-state index contributed by atoms with van der Waals surface area (Å²) in [5.74, 6) is -1.80. The predicted molar refractivity (Wildman–Crippen MR) is 132 cm³/mol. The molecule has 0 saturated carbocycles. The molecule has 35 heavy (non-hydrogen) atoms. The Morgan fingerprint density at radius 2 is 1.66 bits per heavy atom. The van der Waals surface area contributed by atoms with E-state index in [9.17, 15) is 24.3 Å². The molecule has 0 saturated heterocycles. The lowest BCUT2D eigenvalue weighted by Gasteiger charge is -2.21. The SMILES string of the molecule is CCN(CC)c1ccc(-c2oc3ccc(NC(=O)CCN4C(=O)C=CC4=O)cc3c(=O)c2O)cc1. The number of benzene rings is 2. The van der Waals surface area contributed by atoms with Gasteiger partial charge in [0.15, 0.2) is 5.76 Å².